The average Bonchev–Trinajstić information content (AvgIpc) is 3.48. The van der Waals surface area contributed by atoms with Gasteiger partial charge in [0, 0.05) is 27.9 Å². The van der Waals surface area contributed by atoms with Crippen LogP contribution >= 0.6 is 0 Å². The minimum atomic E-state index is -0.146. The maximum atomic E-state index is 5.33. The minimum absolute atomic E-state index is 0.146. The van der Waals surface area contributed by atoms with E-state index in [4.69, 9.17) is 9.97 Å². The van der Waals surface area contributed by atoms with Crippen LogP contribution in [0.25, 0.3) is 110 Å². The monoisotopic (exact) mass is 724 g/mol. The number of hydrogen-bond acceptors (Lipinski definition) is 2. The number of fused-ring (bicyclic) bond motifs is 10. The number of pyridine rings is 2. The molecule has 0 saturated heterocycles. The van der Waals surface area contributed by atoms with Crippen LogP contribution in [0.2, 0.25) is 0 Å². The SMILES string of the molecule is CC1(C)c2ccccc2-c2cc3c(-c4ccc5ccccc5c4)c4ccc(-c5ccc6ccc7cccnc7c6n5)cc4c(-c4ccc5ccccc5c4)c3cc21. The second kappa shape index (κ2) is 11.9. The number of hydrogen-bond donors (Lipinski definition) is 0. The summed E-state index contributed by atoms with van der Waals surface area (Å²) in [5.41, 5.74) is 14.1. The lowest BCUT2D eigenvalue weighted by atomic mass is 9.79. The van der Waals surface area contributed by atoms with Crippen molar-refractivity contribution in [2.45, 2.75) is 19.3 Å². The molecule has 57 heavy (non-hydrogen) atoms. The Morgan fingerprint density at radius 1 is 0.368 bits per heavy atom. The Labute approximate surface area is 330 Å². The molecule has 0 atom stereocenters. The van der Waals surface area contributed by atoms with Gasteiger partial charge in [0.2, 0.25) is 0 Å². The summed E-state index contributed by atoms with van der Waals surface area (Å²) < 4.78 is 0. The maximum absolute atomic E-state index is 5.33. The average molecular weight is 725 g/mol. The van der Waals surface area contributed by atoms with Crippen LogP contribution in [0.5, 0.6) is 0 Å². The molecular formula is C55H36N2. The van der Waals surface area contributed by atoms with Crippen LogP contribution in [-0.2, 0) is 5.41 Å². The van der Waals surface area contributed by atoms with Gasteiger partial charge in [-0.3, -0.25) is 4.98 Å². The van der Waals surface area contributed by atoms with Gasteiger partial charge >= 0.3 is 0 Å². The van der Waals surface area contributed by atoms with Gasteiger partial charge in [0.1, 0.15) is 0 Å². The molecule has 0 bridgehead atoms. The molecule has 0 saturated carbocycles. The summed E-state index contributed by atoms with van der Waals surface area (Å²) >= 11 is 0. The highest BCUT2D eigenvalue weighted by Gasteiger charge is 2.36. The Kier molecular flexibility index (Phi) is 6.72. The van der Waals surface area contributed by atoms with Crippen molar-refractivity contribution in [3.63, 3.8) is 0 Å². The van der Waals surface area contributed by atoms with Crippen LogP contribution < -0.4 is 0 Å². The van der Waals surface area contributed by atoms with Gasteiger partial charge in [-0.05, 0) is 130 Å². The van der Waals surface area contributed by atoms with Gasteiger partial charge in [0.25, 0.3) is 0 Å². The third kappa shape index (κ3) is 4.77. The van der Waals surface area contributed by atoms with Gasteiger partial charge in [-0.1, -0.05) is 147 Å². The fourth-order valence-electron chi connectivity index (χ4n) is 9.78. The topological polar surface area (TPSA) is 25.8 Å². The van der Waals surface area contributed by atoms with Crippen molar-refractivity contribution in [3.8, 4) is 44.6 Å². The Bertz CT molecular complexity index is 3500. The molecule has 11 aromatic rings. The van der Waals surface area contributed by atoms with Crippen LogP contribution in [0.3, 0.4) is 0 Å². The van der Waals surface area contributed by atoms with E-state index in [0.29, 0.717) is 0 Å². The third-order valence-corrected chi connectivity index (χ3v) is 12.6. The highest BCUT2D eigenvalue weighted by Crippen LogP contribution is 2.53. The van der Waals surface area contributed by atoms with Gasteiger partial charge in [-0.25, -0.2) is 4.98 Å². The molecule has 12 rings (SSSR count). The molecule has 2 aromatic heterocycles. The van der Waals surface area contributed by atoms with Crippen molar-refractivity contribution < 1.29 is 0 Å². The molecule has 0 fully saturated rings. The first kappa shape index (κ1) is 32.1. The lowest BCUT2D eigenvalue weighted by Crippen LogP contribution is -2.14. The fraction of sp³-hybridized carbons (Fsp3) is 0.0545. The fourth-order valence-corrected chi connectivity index (χ4v) is 9.78. The lowest BCUT2D eigenvalue weighted by Gasteiger charge is -2.24. The van der Waals surface area contributed by atoms with Gasteiger partial charge < -0.3 is 0 Å². The number of nitrogens with zero attached hydrogens (tertiary/aromatic N) is 2. The van der Waals surface area contributed by atoms with Gasteiger partial charge in [0.05, 0.1) is 16.7 Å². The van der Waals surface area contributed by atoms with E-state index in [1.54, 1.807) is 0 Å². The van der Waals surface area contributed by atoms with E-state index in [2.05, 4.69) is 184 Å². The van der Waals surface area contributed by atoms with E-state index in [1.807, 2.05) is 12.3 Å². The quantitative estimate of drug-likeness (QED) is 0.134. The second-order valence-corrected chi connectivity index (χ2v) is 16.2. The van der Waals surface area contributed by atoms with E-state index in [9.17, 15) is 0 Å². The summed E-state index contributed by atoms with van der Waals surface area (Å²) in [5.74, 6) is 0. The zero-order chi connectivity index (χ0) is 37.8. The molecule has 9 aromatic carbocycles. The van der Waals surface area contributed by atoms with Crippen LogP contribution in [-0.4, -0.2) is 9.97 Å². The molecule has 0 spiro atoms. The molecule has 0 unspecified atom stereocenters. The molecule has 2 heteroatoms. The third-order valence-electron chi connectivity index (χ3n) is 12.6. The number of benzene rings is 9. The minimum Gasteiger partial charge on any atom is -0.254 e. The Hall–Kier alpha value is -7.16. The smallest absolute Gasteiger partial charge is 0.0972 e. The predicted octanol–water partition coefficient (Wildman–Crippen LogP) is 14.7. The van der Waals surface area contributed by atoms with Crippen molar-refractivity contribution in [2.75, 3.05) is 0 Å². The van der Waals surface area contributed by atoms with Crippen molar-refractivity contribution in [3.05, 3.63) is 193 Å². The Balaban J connectivity index is 1.23. The normalized spacial score (nSPS) is 13.2. The molecule has 1 aliphatic rings. The van der Waals surface area contributed by atoms with Crippen molar-refractivity contribution >= 4 is 64.9 Å². The highest BCUT2D eigenvalue weighted by molar-refractivity contribution is 6.23. The maximum Gasteiger partial charge on any atom is 0.0972 e. The molecule has 2 heterocycles. The summed E-state index contributed by atoms with van der Waals surface area (Å²) in [5, 5.41) is 12.1. The standard InChI is InChI=1S/C55H36N2/c1-55(2)48-16-8-7-15-42(48)44-31-46-47(32-49(44)55)52(41-22-18-34-11-4-6-13-38(34)29-41)45-30-39(50-26-24-36-20-19-35-14-9-27-56-53(35)54(36)57-50)23-25-43(45)51(46)40-21-17-33-10-3-5-12-37(33)28-40/h3-32H,1-2H3. The lowest BCUT2D eigenvalue weighted by molar-refractivity contribution is 0.661. The first-order valence-electron chi connectivity index (χ1n) is 19.8. The van der Waals surface area contributed by atoms with Crippen LogP contribution in [0, 0.1) is 0 Å². The van der Waals surface area contributed by atoms with E-state index >= 15 is 0 Å². The van der Waals surface area contributed by atoms with E-state index in [-0.39, 0.29) is 5.41 Å². The van der Waals surface area contributed by atoms with Crippen LogP contribution in [0.15, 0.2) is 182 Å². The summed E-state index contributed by atoms with van der Waals surface area (Å²) in [6.07, 6.45) is 1.86. The largest absolute Gasteiger partial charge is 0.254 e. The predicted molar refractivity (Wildman–Crippen MR) is 241 cm³/mol. The number of aromatic nitrogens is 2. The molecule has 266 valence electrons. The molecule has 0 N–H and O–H groups in total. The molecular weight excluding hydrogens is 689 g/mol. The Morgan fingerprint density at radius 3 is 1.68 bits per heavy atom. The first-order chi connectivity index (χ1) is 28.0. The summed E-state index contributed by atoms with van der Waals surface area (Å²) in [6, 6.07) is 65.0. The van der Waals surface area contributed by atoms with Crippen LogP contribution in [0.4, 0.5) is 0 Å². The molecule has 0 amide bonds. The summed E-state index contributed by atoms with van der Waals surface area (Å²) in [7, 11) is 0. The Morgan fingerprint density at radius 2 is 0.930 bits per heavy atom. The van der Waals surface area contributed by atoms with Crippen molar-refractivity contribution in [2.24, 2.45) is 0 Å². The van der Waals surface area contributed by atoms with Crippen molar-refractivity contribution in [1.29, 1.82) is 0 Å². The molecule has 2 nitrogen and oxygen atoms in total. The zero-order valence-corrected chi connectivity index (χ0v) is 31.7. The van der Waals surface area contributed by atoms with E-state index in [0.717, 1.165) is 33.1 Å². The van der Waals surface area contributed by atoms with Gasteiger partial charge in [0.15, 0.2) is 0 Å². The van der Waals surface area contributed by atoms with Gasteiger partial charge in [-0.2, -0.15) is 0 Å². The molecule has 1 aliphatic carbocycles. The first-order valence-corrected chi connectivity index (χ1v) is 19.8. The van der Waals surface area contributed by atoms with E-state index < -0.39 is 0 Å². The second-order valence-electron chi connectivity index (χ2n) is 16.2. The van der Waals surface area contributed by atoms with Gasteiger partial charge in [-0.15, -0.1) is 0 Å². The molecule has 0 aliphatic heterocycles. The summed E-state index contributed by atoms with van der Waals surface area (Å²) in [6.45, 7) is 4.76. The zero-order valence-electron chi connectivity index (χ0n) is 31.7. The van der Waals surface area contributed by atoms with E-state index in [1.165, 1.54) is 87.6 Å². The highest BCUT2D eigenvalue weighted by atomic mass is 14.7. The van der Waals surface area contributed by atoms with Crippen molar-refractivity contribution in [1.82, 2.24) is 9.97 Å². The number of rotatable bonds is 3. The van der Waals surface area contributed by atoms with Crippen LogP contribution in [0.1, 0.15) is 25.0 Å². The summed E-state index contributed by atoms with van der Waals surface area (Å²) in [4.78, 5) is 10.1. The molecule has 0 radical (unpaired) electrons.